The Hall–Kier alpha value is -4.24. The molecule has 2 nitrogen and oxygen atoms in total. The van der Waals surface area contributed by atoms with E-state index in [2.05, 4.69) is 111 Å². The lowest BCUT2D eigenvalue weighted by Gasteiger charge is -2.29. The van der Waals surface area contributed by atoms with Gasteiger partial charge in [-0.05, 0) is 98.2 Å². The van der Waals surface area contributed by atoms with Crippen LogP contribution in [0.3, 0.4) is 0 Å². The van der Waals surface area contributed by atoms with Crippen molar-refractivity contribution in [2.24, 2.45) is 7.05 Å². The van der Waals surface area contributed by atoms with Crippen LogP contribution in [0.25, 0.3) is 44.3 Å². The summed E-state index contributed by atoms with van der Waals surface area (Å²) in [6.45, 7) is 6.38. The van der Waals surface area contributed by atoms with Crippen LogP contribution in [0, 0.1) is 26.6 Å². The molecule has 0 N–H and O–H groups in total. The molecule has 42 heavy (non-hydrogen) atoms. The van der Waals surface area contributed by atoms with Crippen LogP contribution in [-0.2, 0) is 7.05 Å². The van der Waals surface area contributed by atoms with Gasteiger partial charge in [0.1, 0.15) is 24.0 Å². The van der Waals surface area contributed by atoms with Crippen molar-refractivity contribution in [3.8, 4) is 22.4 Å². The molecule has 0 spiro atoms. The third kappa shape index (κ3) is 4.52. The first-order chi connectivity index (χ1) is 20.4. The number of nitrogens with zero attached hydrogens (tertiary/aromatic N) is 1. The topological polar surface area (TPSA) is 17.0 Å². The molecule has 4 aromatic carbocycles. The minimum Gasteiger partial charge on any atom is -0.454 e. The monoisotopic (exact) mass is 554 g/mol. The van der Waals surface area contributed by atoms with E-state index in [1.54, 1.807) is 6.07 Å². The normalized spacial score (nSPS) is 17.3. The van der Waals surface area contributed by atoms with E-state index in [1.165, 1.54) is 47.9 Å². The molecule has 0 unspecified atom stereocenters. The van der Waals surface area contributed by atoms with Gasteiger partial charge in [0.2, 0.25) is 5.69 Å². The molecule has 0 bridgehead atoms. The first-order valence-corrected chi connectivity index (χ1v) is 15.2. The standard InChI is InChI=1S/C39H37FNO/c1-24-10-19-32-33-20-21-34(40)37(39(33)42-38(32)36(24)35-22-25(2)26(3)23-41(35)4)31-17-15-30(16-18-31)29-13-11-28(12-14-29)27-8-6-5-7-9-27/h5-10,15-23,28-29H,11-14H2,1-4H3/q+1. The Morgan fingerprint density at radius 2 is 1.24 bits per heavy atom. The van der Waals surface area contributed by atoms with Crippen LogP contribution in [0.1, 0.15) is 65.3 Å². The van der Waals surface area contributed by atoms with Crippen LogP contribution in [0.2, 0.25) is 0 Å². The summed E-state index contributed by atoms with van der Waals surface area (Å²) in [5.74, 6) is 0.948. The molecule has 6 aromatic rings. The van der Waals surface area contributed by atoms with E-state index in [0.717, 1.165) is 38.7 Å². The fourth-order valence-corrected chi connectivity index (χ4v) is 7.10. The van der Waals surface area contributed by atoms with Crippen molar-refractivity contribution in [1.82, 2.24) is 0 Å². The predicted molar refractivity (Wildman–Crippen MR) is 170 cm³/mol. The second kappa shape index (κ2) is 10.5. The van der Waals surface area contributed by atoms with E-state index in [0.29, 0.717) is 23.0 Å². The summed E-state index contributed by atoms with van der Waals surface area (Å²) in [5, 5.41) is 1.95. The summed E-state index contributed by atoms with van der Waals surface area (Å²) in [7, 11) is 2.07. The molecule has 1 aliphatic rings. The first kappa shape index (κ1) is 26.6. The van der Waals surface area contributed by atoms with E-state index in [-0.39, 0.29) is 5.82 Å². The zero-order valence-electron chi connectivity index (χ0n) is 24.9. The Balaban J connectivity index is 1.26. The number of benzene rings is 4. The molecule has 210 valence electrons. The summed E-state index contributed by atoms with van der Waals surface area (Å²) in [6, 6.07) is 29.4. The molecule has 1 aliphatic carbocycles. The average molecular weight is 555 g/mol. The van der Waals surface area contributed by atoms with Crippen molar-refractivity contribution in [3.63, 3.8) is 0 Å². The van der Waals surface area contributed by atoms with Crippen molar-refractivity contribution in [3.05, 3.63) is 125 Å². The highest BCUT2D eigenvalue weighted by Crippen LogP contribution is 2.43. The quantitative estimate of drug-likeness (QED) is 0.198. The smallest absolute Gasteiger partial charge is 0.216 e. The van der Waals surface area contributed by atoms with Crippen LogP contribution in [-0.4, -0.2) is 0 Å². The van der Waals surface area contributed by atoms with Gasteiger partial charge in [-0.15, -0.1) is 0 Å². The number of pyridine rings is 1. The summed E-state index contributed by atoms with van der Waals surface area (Å²) < 4.78 is 24.4. The Kier molecular flexibility index (Phi) is 6.69. The van der Waals surface area contributed by atoms with Crippen LogP contribution in [0.4, 0.5) is 4.39 Å². The van der Waals surface area contributed by atoms with E-state index in [1.807, 2.05) is 6.07 Å². The first-order valence-electron chi connectivity index (χ1n) is 15.2. The molecule has 0 amide bonds. The Labute approximate surface area is 247 Å². The number of hydrogen-bond acceptors (Lipinski definition) is 1. The molecule has 0 atom stereocenters. The molecular formula is C39H37FNO+. The maximum atomic E-state index is 15.6. The van der Waals surface area contributed by atoms with Gasteiger partial charge in [0.15, 0.2) is 6.20 Å². The fourth-order valence-electron chi connectivity index (χ4n) is 7.10. The summed E-state index contributed by atoms with van der Waals surface area (Å²) >= 11 is 0. The van der Waals surface area contributed by atoms with Gasteiger partial charge >= 0.3 is 0 Å². The lowest BCUT2D eigenvalue weighted by molar-refractivity contribution is -0.660. The third-order valence-corrected chi connectivity index (χ3v) is 9.63. The van der Waals surface area contributed by atoms with Gasteiger partial charge in [0, 0.05) is 22.4 Å². The molecule has 2 aromatic heterocycles. The summed E-state index contributed by atoms with van der Waals surface area (Å²) in [5.41, 5.74) is 11.4. The summed E-state index contributed by atoms with van der Waals surface area (Å²) in [4.78, 5) is 0. The van der Waals surface area contributed by atoms with Crippen molar-refractivity contribution in [2.45, 2.75) is 58.3 Å². The largest absolute Gasteiger partial charge is 0.454 e. The number of hydrogen-bond donors (Lipinski definition) is 0. The zero-order valence-corrected chi connectivity index (χ0v) is 24.9. The number of furan rings is 1. The Morgan fingerprint density at radius 1 is 0.643 bits per heavy atom. The van der Waals surface area contributed by atoms with Gasteiger partial charge in [-0.25, -0.2) is 8.96 Å². The summed E-state index contributed by atoms with van der Waals surface area (Å²) in [6.07, 6.45) is 6.95. The van der Waals surface area contributed by atoms with Crippen molar-refractivity contribution < 1.29 is 13.4 Å². The van der Waals surface area contributed by atoms with E-state index in [4.69, 9.17) is 4.42 Å². The molecule has 3 heteroatoms. The zero-order chi connectivity index (χ0) is 29.0. The van der Waals surface area contributed by atoms with Crippen molar-refractivity contribution in [1.29, 1.82) is 0 Å². The van der Waals surface area contributed by atoms with Crippen LogP contribution >= 0.6 is 0 Å². The number of rotatable bonds is 4. The maximum absolute atomic E-state index is 15.6. The molecule has 7 rings (SSSR count). The Morgan fingerprint density at radius 3 is 1.90 bits per heavy atom. The second-order valence-corrected chi connectivity index (χ2v) is 12.3. The van der Waals surface area contributed by atoms with E-state index in [9.17, 15) is 0 Å². The lowest BCUT2D eigenvalue weighted by atomic mass is 9.76. The van der Waals surface area contributed by atoms with Gasteiger partial charge in [-0.3, -0.25) is 0 Å². The second-order valence-electron chi connectivity index (χ2n) is 12.3. The number of aryl methyl sites for hydroxylation is 4. The number of fused-ring (bicyclic) bond motifs is 3. The minimum atomic E-state index is -0.257. The minimum absolute atomic E-state index is 0.257. The highest BCUT2D eigenvalue weighted by Gasteiger charge is 2.25. The number of halogens is 1. The molecule has 0 aliphatic heterocycles. The van der Waals surface area contributed by atoms with E-state index >= 15 is 4.39 Å². The van der Waals surface area contributed by atoms with Gasteiger partial charge in [0.05, 0.1) is 11.1 Å². The van der Waals surface area contributed by atoms with Crippen molar-refractivity contribution in [2.75, 3.05) is 0 Å². The van der Waals surface area contributed by atoms with Gasteiger partial charge in [-0.2, -0.15) is 0 Å². The van der Waals surface area contributed by atoms with Gasteiger partial charge in [-0.1, -0.05) is 66.7 Å². The van der Waals surface area contributed by atoms with Crippen LogP contribution < -0.4 is 4.57 Å². The van der Waals surface area contributed by atoms with Crippen molar-refractivity contribution >= 4 is 21.9 Å². The third-order valence-electron chi connectivity index (χ3n) is 9.63. The predicted octanol–water partition coefficient (Wildman–Crippen LogP) is 10.3. The molecule has 1 saturated carbocycles. The molecule has 2 heterocycles. The average Bonchev–Trinajstić information content (AvgIpc) is 3.38. The SMILES string of the molecule is Cc1cc(-c2c(C)ccc3c2oc2c(-c4ccc(C5CCC(c6ccccc6)CC5)cc4)c(F)ccc23)[n+](C)cc1C. The highest BCUT2D eigenvalue weighted by atomic mass is 19.1. The maximum Gasteiger partial charge on any atom is 0.216 e. The molecule has 0 saturated heterocycles. The van der Waals surface area contributed by atoms with Gasteiger partial charge < -0.3 is 4.42 Å². The molecular weight excluding hydrogens is 517 g/mol. The highest BCUT2D eigenvalue weighted by molar-refractivity contribution is 6.13. The van der Waals surface area contributed by atoms with Gasteiger partial charge in [0.25, 0.3) is 0 Å². The van der Waals surface area contributed by atoms with Crippen LogP contribution in [0.15, 0.2) is 95.5 Å². The van der Waals surface area contributed by atoms with E-state index < -0.39 is 0 Å². The fraction of sp³-hybridized carbons (Fsp3) is 0.256. The lowest BCUT2D eigenvalue weighted by Crippen LogP contribution is -2.31. The Bertz CT molecular complexity index is 1930. The number of aromatic nitrogens is 1. The molecule has 0 radical (unpaired) electrons. The van der Waals surface area contributed by atoms with Crippen LogP contribution in [0.5, 0.6) is 0 Å². The molecule has 1 fully saturated rings.